The van der Waals surface area contributed by atoms with E-state index in [1.807, 2.05) is 60.7 Å². The Bertz CT molecular complexity index is 1470. The van der Waals surface area contributed by atoms with Gasteiger partial charge in [-0.3, -0.25) is 4.79 Å². The quantitative estimate of drug-likeness (QED) is 0.214. The van der Waals surface area contributed by atoms with Gasteiger partial charge in [-0.1, -0.05) is 72.8 Å². The highest BCUT2D eigenvalue weighted by Crippen LogP contribution is 2.28. The van der Waals surface area contributed by atoms with Crippen molar-refractivity contribution >= 4 is 15.7 Å². The van der Waals surface area contributed by atoms with Crippen LogP contribution in [0.3, 0.4) is 0 Å². The fourth-order valence-electron chi connectivity index (χ4n) is 4.15. The third-order valence-electron chi connectivity index (χ3n) is 6.34. The number of hydrogen-bond acceptors (Lipinski definition) is 6. The highest BCUT2D eigenvalue weighted by Gasteiger charge is 2.21. The number of sulfone groups is 1. The summed E-state index contributed by atoms with van der Waals surface area (Å²) in [5.74, 6) is -0.541. The number of aryl methyl sites for hydroxylation is 1. The van der Waals surface area contributed by atoms with E-state index in [9.17, 15) is 18.3 Å². The molecule has 0 aliphatic heterocycles. The van der Waals surface area contributed by atoms with Crippen molar-refractivity contribution in [3.63, 3.8) is 0 Å². The molecule has 0 bridgehead atoms. The number of rotatable bonds is 13. The number of hydrogen-bond donors (Lipinski definition) is 3. The van der Waals surface area contributed by atoms with Crippen LogP contribution < -0.4 is 15.8 Å². The van der Waals surface area contributed by atoms with Gasteiger partial charge in [-0.05, 0) is 66.4 Å². The average molecular weight is 545 g/mol. The number of aliphatic hydroxyl groups excluding tert-OH is 1. The van der Waals surface area contributed by atoms with E-state index < -0.39 is 21.8 Å². The number of carbonyl (C=O) groups is 1. The van der Waals surface area contributed by atoms with E-state index in [-0.39, 0.29) is 27.7 Å². The fraction of sp³-hybridized carbons (Fsp3) is 0.194. The first-order chi connectivity index (χ1) is 18.8. The zero-order valence-electron chi connectivity index (χ0n) is 21.5. The van der Waals surface area contributed by atoms with Gasteiger partial charge in [-0.25, -0.2) is 8.42 Å². The maximum Gasteiger partial charge on any atom is 0.252 e. The van der Waals surface area contributed by atoms with Crippen LogP contribution in [-0.4, -0.2) is 32.5 Å². The second kappa shape index (κ2) is 13.2. The van der Waals surface area contributed by atoms with Gasteiger partial charge in [0.05, 0.1) is 21.5 Å². The number of nitrogens with one attached hydrogen (secondary N) is 1. The van der Waals surface area contributed by atoms with Crippen LogP contribution >= 0.6 is 0 Å². The van der Waals surface area contributed by atoms with Crippen LogP contribution in [0.25, 0.3) is 0 Å². The first-order valence-electron chi connectivity index (χ1n) is 12.7. The van der Waals surface area contributed by atoms with Gasteiger partial charge in [0.15, 0.2) is 0 Å². The molecule has 0 radical (unpaired) electrons. The standard InChI is InChI=1S/C31H32N2O5S/c32-31(35)28-20-27(17-18-30(28)38-22-24-8-3-1-4-9-24)39(36,37)26-15-13-23(14-16-26)10-7-19-33-21-29(34)25-11-5-2-6-12-25/h1-6,8-9,11-18,20,29,33-34H,7,10,19,21-22H2,(H2,32,35)/t29-/m0/s1. The molecule has 0 heterocycles. The van der Waals surface area contributed by atoms with Gasteiger partial charge in [0.25, 0.3) is 5.91 Å². The molecule has 0 aromatic heterocycles. The Morgan fingerprint density at radius 3 is 2.15 bits per heavy atom. The van der Waals surface area contributed by atoms with E-state index in [4.69, 9.17) is 10.5 Å². The zero-order chi connectivity index (χ0) is 27.7. The van der Waals surface area contributed by atoms with Crippen LogP contribution in [0, 0.1) is 0 Å². The second-order valence-corrected chi connectivity index (χ2v) is 11.1. The van der Waals surface area contributed by atoms with Crippen molar-refractivity contribution in [2.45, 2.75) is 35.3 Å². The number of carbonyl (C=O) groups excluding carboxylic acids is 1. The lowest BCUT2D eigenvalue weighted by Crippen LogP contribution is -2.22. The first-order valence-corrected chi connectivity index (χ1v) is 14.2. The predicted molar refractivity (Wildman–Crippen MR) is 150 cm³/mol. The van der Waals surface area contributed by atoms with Crippen molar-refractivity contribution in [2.24, 2.45) is 5.73 Å². The minimum Gasteiger partial charge on any atom is -0.488 e. The molecule has 4 aromatic rings. The van der Waals surface area contributed by atoms with E-state index in [1.165, 1.54) is 18.2 Å². The summed E-state index contributed by atoms with van der Waals surface area (Å²) in [4.78, 5) is 12.2. The minimum atomic E-state index is -3.86. The highest BCUT2D eigenvalue weighted by molar-refractivity contribution is 7.91. The molecule has 202 valence electrons. The molecule has 0 aliphatic carbocycles. The van der Waals surface area contributed by atoms with Crippen LogP contribution in [0.5, 0.6) is 5.75 Å². The maximum absolute atomic E-state index is 13.3. The van der Waals surface area contributed by atoms with Crippen LogP contribution in [0.15, 0.2) is 113 Å². The van der Waals surface area contributed by atoms with Crippen LogP contribution in [0.2, 0.25) is 0 Å². The van der Waals surface area contributed by atoms with Gasteiger partial charge in [0, 0.05) is 6.54 Å². The van der Waals surface area contributed by atoms with Crippen LogP contribution in [0.4, 0.5) is 0 Å². The molecule has 4 N–H and O–H groups in total. The van der Waals surface area contributed by atoms with E-state index in [0.717, 1.165) is 36.1 Å². The summed E-state index contributed by atoms with van der Waals surface area (Å²) in [6.07, 6.45) is 1.03. The summed E-state index contributed by atoms with van der Waals surface area (Å²) in [7, 11) is -3.86. The van der Waals surface area contributed by atoms with Crippen molar-refractivity contribution in [3.8, 4) is 5.75 Å². The Balaban J connectivity index is 1.34. The van der Waals surface area contributed by atoms with Crippen LogP contribution in [-0.2, 0) is 22.9 Å². The van der Waals surface area contributed by atoms with Crippen molar-refractivity contribution in [3.05, 3.63) is 125 Å². The lowest BCUT2D eigenvalue weighted by atomic mass is 10.1. The normalized spacial score (nSPS) is 12.1. The number of aliphatic hydroxyl groups is 1. The summed E-state index contributed by atoms with van der Waals surface area (Å²) >= 11 is 0. The average Bonchev–Trinajstić information content (AvgIpc) is 2.97. The van der Waals surface area contributed by atoms with E-state index in [2.05, 4.69) is 5.32 Å². The predicted octanol–water partition coefficient (Wildman–Crippen LogP) is 4.45. The third kappa shape index (κ3) is 7.54. The molecule has 8 heteroatoms. The van der Waals surface area contributed by atoms with Crippen molar-refractivity contribution in [2.75, 3.05) is 13.1 Å². The molecule has 0 saturated heterocycles. The van der Waals surface area contributed by atoms with E-state index in [0.29, 0.717) is 6.54 Å². The van der Waals surface area contributed by atoms with Gasteiger partial charge in [-0.2, -0.15) is 0 Å². The monoisotopic (exact) mass is 544 g/mol. The molecule has 1 atom stereocenters. The molecule has 0 fully saturated rings. The first kappa shape index (κ1) is 28.0. The van der Waals surface area contributed by atoms with Crippen LogP contribution in [0.1, 0.15) is 39.6 Å². The molecule has 0 unspecified atom stereocenters. The Labute approximate surface area is 229 Å². The molecule has 0 saturated carbocycles. The third-order valence-corrected chi connectivity index (χ3v) is 8.11. The Kier molecular flexibility index (Phi) is 9.49. The summed E-state index contributed by atoms with van der Waals surface area (Å²) in [5.41, 5.74) is 8.33. The molecule has 0 aliphatic rings. The lowest BCUT2D eigenvalue weighted by Gasteiger charge is -2.13. The van der Waals surface area contributed by atoms with Crippen molar-refractivity contribution in [1.29, 1.82) is 0 Å². The molecule has 4 rings (SSSR count). The van der Waals surface area contributed by atoms with Gasteiger partial charge >= 0.3 is 0 Å². The van der Waals surface area contributed by atoms with Gasteiger partial charge in [0.2, 0.25) is 9.84 Å². The van der Waals surface area contributed by atoms with Gasteiger partial charge < -0.3 is 20.9 Å². The van der Waals surface area contributed by atoms with Crippen molar-refractivity contribution < 1.29 is 23.1 Å². The zero-order valence-corrected chi connectivity index (χ0v) is 22.3. The summed E-state index contributed by atoms with van der Waals surface area (Å²) in [6, 6.07) is 29.8. The number of primary amides is 1. The highest BCUT2D eigenvalue weighted by atomic mass is 32.2. The summed E-state index contributed by atoms with van der Waals surface area (Å²) < 4.78 is 32.3. The number of benzene rings is 4. The number of amides is 1. The molecule has 1 amide bonds. The molecule has 4 aromatic carbocycles. The maximum atomic E-state index is 13.3. The molecule has 39 heavy (non-hydrogen) atoms. The Morgan fingerprint density at radius 2 is 1.49 bits per heavy atom. The molecular formula is C31H32N2O5S. The fourth-order valence-corrected chi connectivity index (χ4v) is 5.44. The topological polar surface area (TPSA) is 119 Å². The molecule has 0 spiro atoms. The lowest BCUT2D eigenvalue weighted by molar-refractivity contribution is 0.0995. The smallest absolute Gasteiger partial charge is 0.252 e. The number of ether oxygens (including phenoxy) is 1. The Hall–Kier alpha value is -3.98. The van der Waals surface area contributed by atoms with Crippen molar-refractivity contribution in [1.82, 2.24) is 5.32 Å². The summed E-state index contributed by atoms with van der Waals surface area (Å²) in [5, 5.41) is 13.5. The molecular weight excluding hydrogens is 512 g/mol. The van der Waals surface area contributed by atoms with Gasteiger partial charge in [0.1, 0.15) is 12.4 Å². The van der Waals surface area contributed by atoms with Gasteiger partial charge in [-0.15, -0.1) is 0 Å². The minimum absolute atomic E-state index is 0.00788. The largest absolute Gasteiger partial charge is 0.488 e. The second-order valence-electron chi connectivity index (χ2n) is 9.18. The van der Waals surface area contributed by atoms with E-state index >= 15 is 0 Å². The Morgan fingerprint density at radius 1 is 0.846 bits per heavy atom. The van der Waals surface area contributed by atoms with E-state index in [1.54, 1.807) is 24.3 Å². The molecule has 7 nitrogen and oxygen atoms in total. The summed E-state index contributed by atoms with van der Waals surface area (Å²) in [6.45, 7) is 1.40. The number of nitrogens with two attached hydrogens (primary N) is 1. The SMILES string of the molecule is NC(=O)c1cc(S(=O)(=O)c2ccc(CCCNC[C@H](O)c3ccccc3)cc2)ccc1OCc1ccccc1.